The third-order valence-electron chi connectivity index (χ3n) is 5.25. The molecule has 3 nitrogen and oxygen atoms in total. The van der Waals surface area contributed by atoms with Crippen molar-refractivity contribution in [1.82, 2.24) is 0 Å². The third-order valence-corrected chi connectivity index (χ3v) is 6.36. The fourth-order valence-electron chi connectivity index (χ4n) is 4.06. The molecule has 0 saturated carbocycles. The van der Waals surface area contributed by atoms with Gasteiger partial charge in [-0.2, -0.15) is 0 Å². The molecular formula is C22H18NO2S+. The molecule has 0 amide bonds. The summed E-state index contributed by atoms with van der Waals surface area (Å²) in [5.74, 6) is -0.259. The van der Waals surface area contributed by atoms with Gasteiger partial charge >= 0.3 is 11.7 Å². The molecule has 0 bridgehead atoms. The van der Waals surface area contributed by atoms with Crippen molar-refractivity contribution in [2.75, 3.05) is 6.61 Å². The van der Waals surface area contributed by atoms with Gasteiger partial charge in [-0.1, -0.05) is 47.7 Å². The van der Waals surface area contributed by atoms with Gasteiger partial charge in [-0.3, -0.25) is 0 Å². The zero-order valence-corrected chi connectivity index (χ0v) is 15.7. The van der Waals surface area contributed by atoms with E-state index >= 15 is 0 Å². The quantitative estimate of drug-likeness (QED) is 0.325. The summed E-state index contributed by atoms with van der Waals surface area (Å²) in [5.41, 5.74) is 6.18. The van der Waals surface area contributed by atoms with Crippen LogP contribution in [0, 0.1) is 13.8 Å². The molecule has 0 atom stereocenters. The zero-order valence-electron chi connectivity index (χ0n) is 14.9. The van der Waals surface area contributed by atoms with Gasteiger partial charge in [0.2, 0.25) is 0 Å². The molecule has 0 fully saturated rings. The molecule has 128 valence electrons. The molecule has 1 aliphatic carbocycles. The van der Waals surface area contributed by atoms with Gasteiger partial charge in [-0.15, -0.1) is 4.40 Å². The Kier molecular flexibility index (Phi) is 3.22. The molecule has 26 heavy (non-hydrogen) atoms. The fraction of sp³-hybridized carbons (Fsp3) is 0.182. The number of benzene rings is 2. The summed E-state index contributed by atoms with van der Waals surface area (Å²) in [6.07, 6.45) is 0. The lowest BCUT2D eigenvalue weighted by atomic mass is 10.0. The van der Waals surface area contributed by atoms with Gasteiger partial charge in [0.15, 0.2) is 5.69 Å². The lowest BCUT2D eigenvalue weighted by Crippen LogP contribution is -2.33. The summed E-state index contributed by atoms with van der Waals surface area (Å²) in [5, 5.41) is 2.43. The molecule has 4 heteroatoms. The van der Waals surface area contributed by atoms with Crippen molar-refractivity contribution in [2.24, 2.45) is 0 Å². The molecule has 0 unspecified atom stereocenters. The molecule has 0 radical (unpaired) electrons. The van der Waals surface area contributed by atoms with E-state index in [2.05, 4.69) is 60.7 Å². The van der Waals surface area contributed by atoms with Crippen molar-refractivity contribution in [3.05, 3.63) is 58.7 Å². The van der Waals surface area contributed by atoms with Crippen LogP contribution >= 0.6 is 11.3 Å². The molecule has 4 aromatic rings. The molecule has 0 N–H and O–H groups in total. The Labute approximate surface area is 155 Å². The van der Waals surface area contributed by atoms with Crippen LogP contribution < -0.4 is 4.40 Å². The normalized spacial score (nSPS) is 12.0. The zero-order chi connectivity index (χ0) is 18.0. The monoisotopic (exact) mass is 360 g/mol. The second-order valence-electron chi connectivity index (χ2n) is 6.63. The van der Waals surface area contributed by atoms with Gasteiger partial charge in [0.1, 0.15) is 0 Å². The smallest absolute Gasteiger partial charge is 0.404 e. The number of carbonyl (C=O) groups is 1. The van der Waals surface area contributed by atoms with Gasteiger partial charge in [0.25, 0.3) is 4.83 Å². The molecule has 2 aromatic heterocycles. The standard InChI is InChI=1S/C22H18NO2S/c1-4-25-22(24)21-20-16-10-6-8-14-7-5-9-15(19(14)16)17(20)11-18-23(21)12(2)13(3)26-18/h5-11H,4H2,1-3H3/q+1. The molecule has 2 aromatic carbocycles. The van der Waals surface area contributed by atoms with Crippen molar-refractivity contribution >= 4 is 32.9 Å². The number of thiazole rings is 1. The molecule has 0 saturated heterocycles. The second kappa shape index (κ2) is 5.39. The number of aryl methyl sites for hydroxylation is 2. The number of hydrogen-bond acceptors (Lipinski definition) is 3. The van der Waals surface area contributed by atoms with Crippen LogP contribution in [0.2, 0.25) is 0 Å². The van der Waals surface area contributed by atoms with E-state index < -0.39 is 0 Å². The number of hydrogen-bond donors (Lipinski definition) is 0. The van der Waals surface area contributed by atoms with Crippen LogP contribution in [0.15, 0.2) is 42.5 Å². The summed E-state index contributed by atoms with van der Waals surface area (Å²) in [4.78, 5) is 15.3. The Bertz CT molecular complexity index is 1230. The van der Waals surface area contributed by atoms with Crippen LogP contribution in [-0.4, -0.2) is 12.6 Å². The molecule has 0 spiro atoms. The molecule has 5 rings (SSSR count). The molecule has 1 aliphatic rings. The van der Waals surface area contributed by atoms with Crippen LogP contribution in [0.25, 0.3) is 37.9 Å². The number of ether oxygens (including phenoxy) is 1. The highest BCUT2D eigenvalue weighted by Crippen LogP contribution is 2.48. The van der Waals surface area contributed by atoms with E-state index in [0.717, 1.165) is 27.2 Å². The maximum Gasteiger partial charge on any atom is 0.404 e. The predicted octanol–water partition coefficient (Wildman–Crippen LogP) is 5.08. The number of rotatable bonds is 2. The number of fused-ring (bicyclic) bond motifs is 4. The average Bonchev–Trinajstić information content (AvgIpc) is 3.11. The van der Waals surface area contributed by atoms with E-state index in [1.54, 1.807) is 11.3 Å². The molecule has 2 heterocycles. The van der Waals surface area contributed by atoms with E-state index in [4.69, 9.17) is 4.74 Å². The highest BCUT2D eigenvalue weighted by molar-refractivity contribution is 7.16. The average molecular weight is 360 g/mol. The Morgan fingerprint density at radius 1 is 1.08 bits per heavy atom. The number of nitrogens with zero attached hydrogens (tertiary/aromatic N) is 1. The fourth-order valence-corrected chi connectivity index (χ4v) is 5.11. The van der Waals surface area contributed by atoms with Gasteiger partial charge in [-0.25, -0.2) is 4.79 Å². The minimum atomic E-state index is -0.259. The first-order valence-electron chi connectivity index (χ1n) is 8.80. The topological polar surface area (TPSA) is 30.4 Å². The number of pyridine rings is 1. The summed E-state index contributed by atoms with van der Waals surface area (Å²) in [6.45, 7) is 6.38. The van der Waals surface area contributed by atoms with Crippen molar-refractivity contribution in [3.8, 4) is 22.3 Å². The maximum absolute atomic E-state index is 13.0. The summed E-state index contributed by atoms with van der Waals surface area (Å²) in [7, 11) is 0. The highest BCUT2D eigenvalue weighted by atomic mass is 32.1. The summed E-state index contributed by atoms with van der Waals surface area (Å²) >= 11 is 1.72. The molecule has 0 aliphatic heterocycles. The van der Waals surface area contributed by atoms with Crippen molar-refractivity contribution < 1.29 is 13.9 Å². The predicted molar refractivity (Wildman–Crippen MR) is 105 cm³/mol. The first kappa shape index (κ1) is 15.5. The third kappa shape index (κ3) is 1.88. The van der Waals surface area contributed by atoms with Gasteiger partial charge < -0.3 is 4.74 Å². The van der Waals surface area contributed by atoms with Crippen LogP contribution in [0.3, 0.4) is 0 Å². The van der Waals surface area contributed by atoms with E-state index in [1.807, 2.05) is 6.92 Å². The van der Waals surface area contributed by atoms with Crippen LogP contribution in [0.1, 0.15) is 28.0 Å². The number of carbonyl (C=O) groups excluding carboxylic acids is 1. The Morgan fingerprint density at radius 2 is 1.81 bits per heavy atom. The van der Waals surface area contributed by atoms with E-state index in [-0.39, 0.29) is 5.97 Å². The molecular weight excluding hydrogens is 342 g/mol. The number of esters is 1. The largest absolute Gasteiger partial charge is 0.458 e. The Morgan fingerprint density at radius 3 is 2.54 bits per heavy atom. The van der Waals surface area contributed by atoms with Crippen molar-refractivity contribution in [1.29, 1.82) is 0 Å². The maximum atomic E-state index is 13.0. The van der Waals surface area contributed by atoms with Gasteiger partial charge in [0, 0.05) is 18.6 Å². The summed E-state index contributed by atoms with van der Waals surface area (Å²) in [6, 6.07) is 14.9. The second-order valence-corrected chi connectivity index (χ2v) is 7.86. The van der Waals surface area contributed by atoms with Crippen molar-refractivity contribution in [2.45, 2.75) is 20.8 Å². The van der Waals surface area contributed by atoms with E-state index in [1.165, 1.54) is 21.2 Å². The number of aromatic nitrogens is 1. The minimum absolute atomic E-state index is 0.259. The lowest BCUT2D eigenvalue weighted by Gasteiger charge is -2.06. The first-order chi connectivity index (χ1) is 12.6. The SMILES string of the molecule is CCOC(=O)c1c2c(cc3sc(C)c(C)[n+]13)-c1cccc3cccc-2c13. The van der Waals surface area contributed by atoms with Crippen LogP contribution in [0.5, 0.6) is 0 Å². The minimum Gasteiger partial charge on any atom is -0.458 e. The Balaban J connectivity index is 2.00. The Hall–Kier alpha value is -2.72. The summed E-state index contributed by atoms with van der Waals surface area (Å²) < 4.78 is 7.54. The lowest BCUT2D eigenvalue weighted by molar-refractivity contribution is -0.518. The highest BCUT2D eigenvalue weighted by Gasteiger charge is 2.36. The van der Waals surface area contributed by atoms with Crippen LogP contribution in [0.4, 0.5) is 0 Å². The van der Waals surface area contributed by atoms with Crippen LogP contribution in [-0.2, 0) is 4.74 Å². The van der Waals surface area contributed by atoms with E-state index in [9.17, 15) is 4.79 Å². The van der Waals surface area contributed by atoms with Crippen molar-refractivity contribution in [3.63, 3.8) is 0 Å². The van der Waals surface area contributed by atoms with Gasteiger partial charge in [0.05, 0.1) is 17.0 Å². The van der Waals surface area contributed by atoms with E-state index in [0.29, 0.717) is 12.3 Å². The first-order valence-corrected chi connectivity index (χ1v) is 9.61. The van der Waals surface area contributed by atoms with Gasteiger partial charge in [-0.05, 0) is 35.7 Å².